The Balaban J connectivity index is 4.02. The Hall–Kier alpha value is -1.06. The van der Waals surface area contributed by atoms with Crippen molar-refractivity contribution in [2.24, 2.45) is 0 Å². The second-order valence-corrected chi connectivity index (χ2v) is 4.59. The molecule has 0 bridgehead atoms. The molecule has 0 radical (unpaired) electrons. The highest BCUT2D eigenvalue weighted by Crippen LogP contribution is 2.04. The molecular formula is C14H27NO3. The van der Waals surface area contributed by atoms with Gasteiger partial charge in [0.15, 0.2) is 0 Å². The van der Waals surface area contributed by atoms with Gasteiger partial charge in [-0.25, -0.2) is 0 Å². The van der Waals surface area contributed by atoms with Crippen LogP contribution in [-0.4, -0.2) is 36.0 Å². The number of esters is 1. The molecule has 0 aromatic rings. The van der Waals surface area contributed by atoms with Crippen LogP contribution in [0.25, 0.3) is 0 Å². The molecule has 0 aliphatic heterocycles. The zero-order chi connectivity index (χ0) is 14.0. The quantitative estimate of drug-likeness (QED) is 0.597. The zero-order valence-electron chi connectivity index (χ0n) is 12.2. The van der Waals surface area contributed by atoms with Crippen molar-refractivity contribution < 1.29 is 14.3 Å². The van der Waals surface area contributed by atoms with Crippen molar-refractivity contribution in [2.45, 2.75) is 65.9 Å². The predicted octanol–water partition coefficient (Wildman–Crippen LogP) is 2.76. The van der Waals surface area contributed by atoms with Crippen LogP contribution in [0, 0.1) is 0 Å². The van der Waals surface area contributed by atoms with Gasteiger partial charge in [0, 0.05) is 19.5 Å². The fraction of sp³-hybridized carbons (Fsp3) is 0.857. The minimum absolute atomic E-state index is 0.0554. The first kappa shape index (κ1) is 16.9. The summed E-state index contributed by atoms with van der Waals surface area (Å²) in [4.78, 5) is 25.2. The summed E-state index contributed by atoms with van der Waals surface area (Å²) in [5.74, 6) is -0.217. The van der Waals surface area contributed by atoms with Gasteiger partial charge in [-0.1, -0.05) is 20.8 Å². The smallest absolute Gasteiger partial charge is 0.306 e. The third-order valence-electron chi connectivity index (χ3n) is 2.79. The number of hydrogen-bond donors (Lipinski definition) is 0. The van der Waals surface area contributed by atoms with Crippen molar-refractivity contribution in [1.29, 1.82) is 0 Å². The maximum atomic E-state index is 11.9. The third-order valence-corrected chi connectivity index (χ3v) is 2.79. The van der Waals surface area contributed by atoms with Crippen molar-refractivity contribution in [3.8, 4) is 0 Å². The second-order valence-electron chi connectivity index (χ2n) is 4.59. The van der Waals surface area contributed by atoms with Gasteiger partial charge in [0.1, 0.15) is 0 Å². The van der Waals surface area contributed by atoms with Crippen LogP contribution in [0.1, 0.15) is 59.8 Å². The van der Waals surface area contributed by atoms with E-state index in [4.69, 9.17) is 4.74 Å². The molecule has 0 spiro atoms. The van der Waals surface area contributed by atoms with E-state index in [1.807, 2.05) is 32.6 Å². The van der Waals surface area contributed by atoms with E-state index in [2.05, 4.69) is 0 Å². The van der Waals surface area contributed by atoms with Crippen LogP contribution < -0.4 is 0 Å². The minimum atomic E-state index is -0.273. The van der Waals surface area contributed by atoms with Crippen molar-refractivity contribution in [1.82, 2.24) is 4.90 Å². The standard InChI is InChI=1S/C14H27NO3/c1-5-10-15(11-6-2)13(16)8-9-14(17)18-12(4)7-3/h12H,5-11H2,1-4H3/t12-/m1/s1. The van der Waals surface area contributed by atoms with Crippen molar-refractivity contribution in [3.63, 3.8) is 0 Å². The van der Waals surface area contributed by atoms with E-state index in [0.29, 0.717) is 0 Å². The number of amides is 1. The van der Waals surface area contributed by atoms with E-state index in [9.17, 15) is 9.59 Å². The van der Waals surface area contributed by atoms with Gasteiger partial charge in [-0.05, 0) is 26.2 Å². The highest BCUT2D eigenvalue weighted by molar-refractivity contribution is 5.81. The lowest BCUT2D eigenvalue weighted by Crippen LogP contribution is -2.32. The van der Waals surface area contributed by atoms with Crippen LogP contribution in [0.3, 0.4) is 0 Å². The van der Waals surface area contributed by atoms with Gasteiger partial charge >= 0.3 is 5.97 Å². The molecule has 0 aromatic carbocycles. The fourth-order valence-corrected chi connectivity index (χ4v) is 1.63. The number of carbonyl (C=O) groups excluding carboxylic acids is 2. The Morgan fingerprint density at radius 3 is 2.06 bits per heavy atom. The summed E-state index contributed by atoms with van der Waals surface area (Å²) in [5, 5.41) is 0. The highest BCUT2D eigenvalue weighted by atomic mass is 16.5. The van der Waals surface area contributed by atoms with Crippen molar-refractivity contribution in [3.05, 3.63) is 0 Å². The predicted molar refractivity (Wildman–Crippen MR) is 72.2 cm³/mol. The fourth-order valence-electron chi connectivity index (χ4n) is 1.63. The summed E-state index contributed by atoms with van der Waals surface area (Å²) in [5.41, 5.74) is 0. The number of nitrogens with zero attached hydrogens (tertiary/aromatic N) is 1. The third kappa shape index (κ3) is 7.30. The minimum Gasteiger partial charge on any atom is -0.463 e. The first-order valence-electron chi connectivity index (χ1n) is 7.02. The second kappa shape index (κ2) is 9.92. The maximum Gasteiger partial charge on any atom is 0.306 e. The molecule has 0 fully saturated rings. The largest absolute Gasteiger partial charge is 0.463 e. The molecule has 0 rings (SSSR count). The van der Waals surface area contributed by atoms with Crippen molar-refractivity contribution >= 4 is 11.9 Å². The van der Waals surface area contributed by atoms with Gasteiger partial charge in [-0.15, -0.1) is 0 Å². The Bertz CT molecular complexity index is 247. The van der Waals surface area contributed by atoms with Crippen LogP contribution >= 0.6 is 0 Å². The number of hydrogen-bond acceptors (Lipinski definition) is 3. The van der Waals surface area contributed by atoms with E-state index in [1.54, 1.807) is 0 Å². The molecule has 1 atom stereocenters. The summed E-state index contributed by atoms with van der Waals surface area (Å²) < 4.78 is 5.14. The summed E-state index contributed by atoms with van der Waals surface area (Å²) in [6.45, 7) is 9.47. The molecule has 106 valence electrons. The summed E-state index contributed by atoms with van der Waals surface area (Å²) >= 11 is 0. The lowest BCUT2D eigenvalue weighted by atomic mass is 10.2. The molecule has 0 aliphatic rings. The molecule has 0 saturated carbocycles. The highest BCUT2D eigenvalue weighted by Gasteiger charge is 2.15. The molecule has 0 heterocycles. The molecule has 0 unspecified atom stereocenters. The van der Waals surface area contributed by atoms with E-state index in [0.717, 1.165) is 32.4 Å². The van der Waals surface area contributed by atoms with E-state index < -0.39 is 0 Å². The monoisotopic (exact) mass is 257 g/mol. The molecule has 4 heteroatoms. The Labute approximate surface area is 111 Å². The van der Waals surface area contributed by atoms with Gasteiger partial charge < -0.3 is 9.64 Å². The van der Waals surface area contributed by atoms with Gasteiger partial charge in [-0.3, -0.25) is 9.59 Å². The average Bonchev–Trinajstić information content (AvgIpc) is 2.35. The van der Waals surface area contributed by atoms with Crippen LogP contribution in [0.15, 0.2) is 0 Å². The molecule has 0 N–H and O–H groups in total. The van der Waals surface area contributed by atoms with Crippen LogP contribution in [0.4, 0.5) is 0 Å². The Kier molecular flexibility index (Phi) is 9.33. The first-order chi connectivity index (χ1) is 8.54. The average molecular weight is 257 g/mol. The van der Waals surface area contributed by atoms with E-state index in [-0.39, 0.29) is 30.8 Å². The first-order valence-corrected chi connectivity index (χ1v) is 7.02. The van der Waals surface area contributed by atoms with Gasteiger partial charge in [0.2, 0.25) is 5.91 Å². The molecular weight excluding hydrogens is 230 g/mol. The maximum absolute atomic E-state index is 11.9. The van der Waals surface area contributed by atoms with E-state index >= 15 is 0 Å². The Morgan fingerprint density at radius 2 is 1.61 bits per heavy atom. The number of carbonyl (C=O) groups is 2. The topological polar surface area (TPSA) is 46.6 Å². The number of rotatable bonds is 9. The summed E-state index contributed by atoms with van der Waals surface area (Å²) in [7, 11) is 0. The molecule has 0 saturated heterocycles. The van der Waals surface area contributed by atoms with Gasteiger partial charge in [0.05, 0.1) is 12.5 Å². The zero-order valence-corrected chi connectivity index (χ0v) is 12.2. The normalized spacial score (nSPS) is 12.0. The summed E-state index contributed by atoms with van der Waals surface area (Å²) in [6, 6.07) is 0. The number of ether oxygens (including phenoxy) is 1. The van der Waals surface area contributed by atoms with Crippen molar-refractivity contribution in [2.75, 3.05) is 13.1 Å². The molecule has 1 amide bonds. The van der Waals surface area contributed by atoms with Crippen LogP contribution in [0.5, 0.6) is 0 Å². The van der Waals surface area contributed by atoms with Gasteiger partial charge in [0.25, 0.3) is 0 Å². The molecule has 0 aliphatic carbocycles. The Morgan fingerprint density at radius 1 is 1.06 bits per heavy atom. The lowest BCUT2D eigenvalue weighted by molar-refractivity contribution is -0.150. The van der Waals surface area contributed by atoms with Crippen LogP contribution in [-0.2, 0) is 14.3 Å². The van der Waals surface area contributed by atoms with Gasteiger partial charge in [-0.2, -0.15) is 0 Å². The SMILES string of the molecule is CCCN(CCC)C(=O)CCC(=O)O[C@H](C)CC. The molecule has 18 heavy (non-hydrogen) atoms. The van der Waals surface area contributed by atoms with Crippen LogP contribution in [0.2, 0.25) is 0 Å². The lowest BCUT2D eigenvalue weighted by Gasteiger charge is -2.21. The summed E-state index contributed by atoms with van der Waals surface area (Å²) in [6.07, 6.45) is 3.08. The molecule has 4 nitrogen and oxygen atoms in total. The van der Waals surface area contributed by atoms with E-state index in [1.165, 1.54) is 0 Å². The molecule has 0 aromatic heterocycles.